The molecule has 222 valence electrons. The number of carbonyl (C=O) groups excluding carboxylic acids is 3. The molecule has 0 spiro atoms. The van der Waals surface area contributed by atoms with Crippen molar-refractivity contribution in [1.29, 1.82) is 0 Å². The van der Waals surface area contributed by atoms with Crippen molar-refractivity contribution in [3.63, 3.8) is 0 Å². The molecule has 1 atom stereocenters. The molecule has 0 radical (unpaired) electrons. The third-order valence-corrected chi connectivity index (χ3v) is 5.19. The van der Waals surface area contributed by atoms with Crippen molar-refractivity contribution < 1.29 is 51.2 Å². The summed E-state index contributed by atoms with van der Waals surface area (Å²) in [5, 5.41) is 0. The molecule has 0 heterocycles. The second-order valence-electron chi connectivity index (χ2n) is 8.42. The monoisotopic (exact) mass is 588 g/mol. The van der Waals surface area contributed by atoms with Crippen LogP contribution in [0.4, 0.5) is 24.5 Å². The Morgan fingerprint density at radius 1 is 0.714 bits per heavy atom. The van der Waals surface area contributed by atoms with Crippen LogP contribution in [-0.4, -0.2) is 57.1 Å². The number of benzene rings is 3. The van der Waals surface area contributed by atoms with E-state index in [0.29, 0.717) is 16.9 Å². The largest absolute Gasteiger partial charge is 0.460 e. The summed E-state index contributed by atoms with van der Waals surface area (Å²) in [5.74, 6) is -1.89. The Kier molecular flexibility index (Phi) is 11.7. The highest BCUT2D eigenvalue weighted by atomic mass is 19.3. The average molecular weight is 589 g/mol. The van der Waals surface area contributed by atoms with E-state index < -0.39 is 30.7 Å². The standard InChI is InChI=1S/C29H27F3N2O8/c30-26(31)27(32)41-23-8-4-19(5-9-23)29(37)42-24-6-1-18(2-7-24)3-10-25(35)39-13-11-38-12-14-40-28(36)20-15-21(33)17-22(34)16-20/h1-10,15-17,26-27H,11-14,33-34H2. The van der Waals surface area contributed by atoms with E-state index in [0.717, 1.165) is 0 Å². The predicted molar refractivity (Wildman–Crippen MR) is 146 cm³/mol. The molecule has 3 aromatic carbocycles. The lowest BCUT2D eigenvalue weighted by atomic mass is 10.2. The number of hydrogen-bond donors (Lipinski definition) is 2. The molecule has 0 saturated carbocycles. The molecule has 1 unspecified atom stereocenters. The lowest BCUT2D eigenvalue weighted by Gasteiger charge is -2.10. The number of alkyl halides is 3. The topological polar surface area (TPSA) is 149 Å². The summed E-state index contributed by atoms with van der Waals surface area (Å²) in [6, 6.07) is 15.4. The molecular formula is C29H27F3N2O8. The van der Waals surface area contributed by atoms with Gasteiger partial charge >= 0.3 is 24.3 Å². The lowest BCUT2D eigenvalue weighted by molar-refractivity contribution is -0.139. The van der Waals surface area contributed by atoms with Crippen LogP contribution in [0, 0.1) is 0 Å². The molecule has 0 aliphatic rings. The molecule has 0 aliphatic heterocycles. The minimum absolute atomic E-state index is 0.0155. The Morgan fingerprint density at radius 3 is 1.93 bits per heavy atom. The van der Waals surface area contributed by atoms with Crippen molar-refractivity contribution in [2.45, 2.75) is 12.8 Å². The van der Waals surface area contributed by atoms with Gasteiger partial charge < -0.3 is 35.2 Å². The number of esters is 3. The molecule has 4 N–H and O–H groups in total. The summed E-state index contributed by atoms with van der Waals surface area (Å²) in [5.41, 5.74) is 12.9. The van der Waals surface area contributed by atoms with Gasteiger partial charge in [0, 0.05) is 17.5 Å². The average Bonchev–Trinajstić information content (AvgIpc) is 2.96. The van der Waals surface area contributed by atoms with Gasteiger partial charge in [-0.2, -0.15) is 4.39 Å². The van der Waals surface area contributed by atoms with E-state index in [1.165, 1.54) is 66.7 Å². The Balaban J connectivity index is 1.32. The smallest absolute Gasteiger partial charge is 0.343 e. The minimum atomic E-state index is -3.29. The Morgan fingerprint density at radius 2 is 1.31 bits per heavy atom. The van der Waals surface area contributed by atoms with Gasteiger partial charge in [0.05, 0.1) is 24.3 Å². The number of anilines is 2. The second-order valence-corrected chi connectivity index (χ2v) is 8.42. The van der Waals surface area contributed by atoms with Crippen LogP contribution in [0.3, 0.4) is 0 Å². The van der Waals surface area contributed by atoms with Gasteiger partial charge in [-0.3, -0.25) is 0 Å². The van der Waals surface area contributed by atoms with E-state index in [1.54, 1.807) is 12.1 Å². The summed E-state index contributed by atoms with van der Waals surface area (Å²) in [4.78, 5) is 36.2. The first-order valence-electron chi connectivity index (χ1n) is 12.4. The summed E-state index contributed by atoms with van der Waals surface area (Å²) in [6.07, 6.45) is -3.37. The van der Waals surface area contributed by atoms with Gasteiger partial charge in [-0.25, -0.2) is 23.2 Å². The van der Waals surface area contributed by atoms with Crippen LogP contribution in [0.15, 0.2) is 72.8 Å². The molecular weight excluding hydrogens is 561 g/mol. The number of hydrogen-bond acceptors (Lipinski definition) is 10. The van der Waals surface area contributed by atoms with Gasteiger partial charge in [0.2, 0.25) is 0 Å². The molecule has 13 heteroatoms. The number of nitrogens with two attached hydrogens (primary N) is 2. The highest BCUT2D eigenvalue weighted by Crippen LogP contribution is 2.20. The number of rotatable bonds is 14. The fraction of sp³-hybridized carbons (Fsp3) is 0.207. The molecule has 42 heavy (non-hydrogen) atoms. The molecule has 0 aliphatic carbocycles. The fourth-order valence-electron chi connectivity index (χ4n) is 3.25. The first kappa shape index (κ1) is 31.5. The fourth-order valence-corrected chi connectivity index (χ4v) is 3.25. The van der Waals surface area contributed by atoms with Gasteiger partial charge in [-0.1, -0.05) is 12.1 Å². The maximum absolute atomic E-state index is 13.0. The van der Waals surface area contributed by atoms with Crippen LogP contribution in [0.25, 0.3) is 6.08 Å². The zero-order valence-electron chi connectivity index (χ0n) is 22.0. The van der Waals surface area contributed by atoms with E-state index >= 15 is 0 Å². The Hall–Kier alpha value is -5.04. The third-order valence-electron chi connectivity index (χ3n) is 5.19. The van der Waals surface area contributed by atoms with Crippen molar-refractivity contribution in [3.05, 3.63) is 89.5 Å². The summed E-state index contributed by atoms with van der Waals surface area (Å²) in [7, 11) is 0. The van der Waals surface area contributed by atoms with Gasteiger partial charge in [0.25, 0.3) is 6.36 Å². The number of nitrogen functional groups attached to an aromatic ring is 2. The molecule has 0 bridgehead atoms. The molecule has 3 rings (SSSR count). The van der Waals surface area contributed by atoms with Crippen molar-refractivity contribution in [1.82, 2.24) is 0 Å². The summed E-state index contributed by atoms with van der Waals surface area (Å²) in [6.45, 7) is 0.141. The summed E-state index contributed by atoms with van der Waals surface area (Å²) >= 11 is 0. The number of carbonyl (C=O) groups is 3. The molecule has 0 fully saturated rings. The van der Waals surface area contributed by atoms with Crippen LogP contribution in [0.5, 0.6) is 11.5 Å². The lowest BCUT2D eigenvalue weighted by Crippen LogP contribution is -2.19. The quantitative estimate of drug-likeness (QED) is 0.0910. The molecule has 10 nitrogen and oxygen atoms in total. The SMILES string of the molecule is Nc1cc(N)cc(C(=O)OCCOCCOC(=O)C=Cc2ccc(OC(=O)c3ccc(OC(F)C(F)F)cc3)cc2)c1. The van der Waals surface area contributed by atoms with Crippen LogP contribution < -0.4 is 20.9 Å². The highest BCUT2D eigenvalue weighted by molar-refractivity contribution is 5.92. The number of ether oxygens (including phenoxy) is 5. The van der Waals surface area contributed by atoms with Gasteiger partial charge in [0.15, 0.2) is 0 Å². The molecule has 0 saturated heterocycles. The third kappa shape index (κ3) is 10.5. The van der Waals surface area contributed by atoms with Gasteiger partial charge in [-0.05, 0) is 66.2 Å². The van der Waals surface area contributed by atoms with E-state index in [9.17, 15) is 27.6 Å². The zero-order valence-corrected chi connectivity index (χ0v) is 22.0. The Bertz CT molecular complexity index is 1360. The van der Waals surface area contributed by atoms with Gasteiger partial charge in [-0.15, -0.1) is 0 Å². The minimum Gasteiger partial charge on any atom is -0.460 e. The molecule has 3 aromatic rings. The van der Waals surface area contributed by atoms with Crippen LogP contribution >= 0.6 is 0 Å². The van der Waals surface area contributed by atoms with Crippen LogP contribution in [-0.2, 0) is 19.0 Å². The van der Waals surface area contributed by atoms with E-state index in [-0.39, 0.29) is 49.1 Å². The van der Waals surface area contributed by atoms with Crippen molar-refractivity contribution in [2.75, 3.05) is 37.9 Å². The van der Waals surface area contributed by atoms with E-state index in [4.69, 9.17) is 30.4 Å². The first-order valence-corrected chi connectivity index (χ1v) is 12.4. The maximum Gasteiger partial charge on any atom is 0.343 e. The van der Waals surface area contributed by atoms with E-state index in [2.05, 4.69) is 4.74 Å². The van der Waals surface area contributed by atoms with E-state index in [1.807, 2.05) is 0 Å². The normalized spacial score (nSPS) is 11.7. The van der Waals surface area contributed by atoms with Crippen LogP contribution in [0.2, 0.25) is 0 Å². The van der Waals surface area contributed by atoms with Crippen molar-refractivity contribution in [2.24, 2.45) is 0 Å². The van der Waals surface area contributed by atoms with Gasteiger partial charge in [0.1, 0.15) is 24.7 Å². The first-order chi connectivity index (χ1) is 20.1. The molecule has 0 amide bonds. The maximum atomic E-state index is 13.0. The zero-order chi connectivity index (χ0) is 30.5. The predicted octanol–water partition coefficient (Wildman–Crippen LogP) is 4.44. The highest BCUT2D eigenvalue weighted by Gasteiger charge is 2.21. The van der Waals surface area contributed by atoms with Crippen molar-refractivity contribution in [3.8, 4) is 11.5 Å². The van der Waals surface area contributed by atoms with Crippen LogP contribution in [0.1, 0.15) is 26.3 Å². The Labute approximate surface area is 238 Å². The molecule has 0 aromatic heterocycles. The second kappa shape index (κ2) is 15.7. The number of halogens is 3. The van der Waals surface area contributed by atoms with Crippen molar-refractivity contribution >= 4 is 35.4 Å². The summed E-state index contributed by atoms with van der Waals surface area (Å²) < 4.78 is 62.4.